The van der Waals surface area contributed by atoms with Crippen LogP contribution in [0.3, 0.4) is 0 Å². The molecule has 1 aliphatic rings. The van der Waals surface area contributed by atoms with Gasteiger partial charge in [-0.1, -0.05) is 0 Å². The van der Waals surface area contributed by atoms with Crippen molar-refractivity contribution in [2.24, 2.45) is 11.8 Å². The third-order valence-electron chi connectivity index (χ3n) is 3.49. The van der Waals surface area contributed by atoms with Crippen LogP contribution in [0.2, 0.25) is 0 Å². The van der Waals surface area contributed by atoms with Crippen molar-refractivity contribution in [2.45, 2.75) is 39.2 Å². The number of carboxylic acid groups (broad SMARTS) is 1. The van der Waals surface area contributed by atoms with E-state index in [0.717, 1.165) is 0 Å². The lowest BCUT2D eigenvalue weighted by Gasteiger charge is -2.24. The van der Waals surface area contributed by atoms with E-state index in [4.69, 9.17) is 10.4 Å². The van der Waals surface area contributed by atoms with E-state index in [-0.39, 0.29) is 23.9 Å². The molecule has 0 aromatic heterocycles. The lowest BCUT2D eigenvalue weighted by atomic mass is 10.1. The minimum absolute atomic E-state index is 0.0694. The van der Waals surface area contributed by atoms with E-state index < -0.39 is 5.97 Å². The summed E-state index contributed by atoms with van der Waals surface area (Å²) in [4.78, 5) is 24.4. The van der Waals surface area contributed by atoms with Gasteiger partial charge >= 0.3 is 12.0 Å². The van der Waals surface area contributed by atoms with E-state index in [1.165, 1.54) is 0 Å². The summed E-state index contributed by atoms with van der Waals surface area (Å²) in [5.74, 6) is -1.35. The Bertz CT molecular complexity index is 378. The molecule has 0 bridgehead atoms. The fourth-order valence-electron chi connectivity index (χ4n) is 2.33. The van der Waals surface area contributed by atoms with Crippen molar-refractivity contribution >= 4 is 12.0 Å². The van der Waals surface area contributed by atoms with Crippen LogP contribution in [0.25, 0.3) is 0 Å². The van der Waals surface area contributed by atoms with Gasteiger partial charge in [0.2, 0.25) is 0 Å². The van der Waals surface area contributed by atoms with Crippen molar-refractivity contribution in [3.8, 4) is 6.07 Å². The molecular formula is C13H21N3O3. The molecule has 1 aliphatic carbocycles. The average Bonchev–Trinajstić information content (AvgIpc) is 2.84. The van der Waals surface area contributed by atoms with Gasteiger partial charge in [-0.05, 0) is 33.1 Å². The summed E-state index contributed by atoms with van der Waals surface area (Å²) >= 11 is 0. The van der Waals surface area contributed by atoms with Gasteiger partial charge in [-0.3, -0.25) is 4.79 Å². The normalized spacial score (nSPS) is 23.4. The number of carbonyl (C=O) groups excluding carboxylic acids is 1. The summed E-state index contributed by atoms with van der Waals surface area (Å²) in [5, 5.41) is 20.5. The Kier molecular flexibility index (Phi) is 5.61. The van der Waals surface area contributed by atoms with Crippen molar-refractivity contribution < 1.29 is 14.7 Å². The van der Waals surface area contributed by atoms with Gasteiger partial charge in [-0.15, -0.1) is 0 Å². The minimum atomic E-state index is -0.790. The predicted octanol–water partition coefficient (Wildman–Crippen LogP) is 1.43. The lowest BCUT2D eigenvalue weighted by molar-refractivity contribution is -0.141. The Hall–Kier alpha value is -1.77. The van der Waals surface area contributed by atoms with E-state index in [9.17, 15) is 9.59 Å². The first-order valence-electron chi connectivity index (χ1n) is 6.65. The summed E-state index contributed by atoms with van der Waals surface area (Å²) < 4.78 is 0. The Morgan fingerprint density at radius 2 is 2.21 bits per heavy atom. The highest BCUT2D eigenvalue weighted by molar-refractivity contribution is 5.75. The minimum Gasteiger partial charge on any atom is -0.481 e. The highest BCUT2D eigenvalue weighted by Gasteiger charge is 2.31. The smallest absolute Gasteiger partial charge is 0.317 e. The number of carbonyl (C=O) groups is 2. The van der Waals surface area contributed by atoms with E-state index >= 15 is 0 Å². The van der Waals surface area contributed by atoms with Crippen LogP contribution in [-0.2, 0) is 4.79 Å². The molecule has 0 spiro atoms. The molecule has 0 saturated heterocycles. The van der Waals surface area contributed by atoms with Gasteiger partial charge in [-0.25, -0.2) is 4.79 Å². The molecule has 6 heteroatoms. The molecule has 106 valence electrons. The zero-order chi connectivity index (χ0) is 14.4. The topological polar surface area (TPSA) is 93.4 Å². The van der Waals surface area contributed by atoms with Crippen LogP contribution in [0.5, 0.6) is 0 Å². The summed E-state index contributed by atoms with van der Waals surface area (Å²) in [7, 11) is 0. The van der Waals surface area contributed by atoms with Gasteiger partial charge in [0.05, 0.1) is 17.9 Å². The van der Waals surface area contributed by atoms with Crippen LogP contribution in [-0.4, -0.2) is 41.1 Å². The number of hydrogen-bond donors (Lipinski definition) is 2. The molecule has 0 aromatic carbocycles. The number of nitrogens with zero attached hydrogens (tertiary/aromatic N) is 2. The number of aliphatic carboxylic acids is 1. The maximum absolute atomic E-state index is 12.0. The van der Waals surface area contributed by atoms with Crippen LogP contribution in [0.15, 0.2) is 0 Å². The van der Waals surface area contributed by atoms with Gasteiger partial charge in [0, 0.05) is 19.1 Å². The molecule has 0 radical (unpaired) electrons. The first kappa shape index (κ1) is 15.3. The average molecular weight is 267 g/mol. The number of carboxylic acids is 1. The van der Waals surface area contributed by atoms with Crippen molar-refractivity contribution in [1.82, 2.24) is 10.2 Å². The second kappa shape index (κ2) is 6.98. The molecule has 0 aliphatic heterocycles. The van der Waals surface area contributed by atoms with Crippen LogP contribution in [0, 0.1) is 23.2 Å². The SMILES string of the molecule is CCN(CC(C)C#N)C(=O)N[C@H]1CC[C@@H](C(=O)O)C1. The Morgan fingerprint density at radius 1 is 1.53 bits per heavy atom. The summed E-state index contributed by atoms with van der Waals surface area (Å²) in [6.45, 7) is 4.56. The van der Waals surface area contributed by atoms with Crippen molar-refractivity contribution in [2.75, 3.05) is 13.1 Å². The fourth-order valence-corrected chi connectivity index (χ4v) is 2.33. The molecule has 0 heterocycles. The number of hydrogen-bond acceptors (Lipinski definition) is 3. The van der Waals surface area contributed by atoms with Crippen molar-refractivity contribution in [3.63, 3.8) is 0 Å². The summed E-state index contributed by atoms with van der Waals surface area (Å²) in [5.41, 5.74) is 0. The highest BCUT2D eigenvalue weighted by Crippen LogP contribution is 2.25. The predicted molar refractivity (Wildman–Crippen MR) is 69.3 cm³/mol. The number of nitrogens with one attached hydrogen (secondary N) is 1. The van der Waals surface area contributed by atoms with Crippen LogP contribution >= 0.6 is 0 Å². The molecular weight excluding hydrogens is 246 g/mol. The standard InChI is InChI=1S/C13H21N3O3/c1-3-16(8-9(2)7-14)13(19)15-11-5-4-10(6-11)12(17)18/h9-11H,3-6,8H2,1-2H3,(H,15,19)(H,17,18)/t9?,10-,11+/m1/s1. The molecule has 1 rings (SSSR count). The van der Waals surface area contributed by atoms with Crippen LogP contribution < -0.4 is 5.32 Å². The Balaban J connectivity index is 2.45. The molecule has 1 saturated carbocycles. The molecule has 1 unspecified atom stereocenters. The van der Waals surface area contributed by atoms with Gasteiger partial charge < -0.3 is 15.3 Å². The second-order valence-corrected chi connectivity index (χ2v) is 5.06. The van der Waals surface area contributed by atoms with Gasteiger partial charge in [-0.2, -0.15) is 5.26 Å². The summed E-state index contributed by atoms with van der Waals surface area (Å²) in [6.07, 6.45) is 1.81. The molecule has 0 aromatic rings. The van der Waals surface area contributed by atoms with Crippen LogP contribution in [0.1, 0.15) is 33.1 Å². The van der Waals surface area contributed by atoms with E-state index in [1.807, 2.05) is 6.92 Å². The number of rotatable bonds is 5. The Labute approximate surface area is 113 Å². The molecule has 2 N–H and O–H groups in total. The zero-order valence-corrected chi connectivity index (χ0v) is 11.4. The molecule has 19 heavy (non-hydrogen) atoms. The largest absolute Gasteiger partial charge is 0.481 e. The molecule has 1 fully saturated rings. The van der Waals surface area contributed by atoms with Gasteiger partial charge in [0.15, 0.2) is 0 Å². The maximum atomic E-state index is 12.0. The van der Waals surface area contributed by atoms with E-state index in [2.05, 4.69) is 11.4 Å². The van der Waals surface area contributed by atoms with Crippen molar-refractivity contribution in [1.29, 1.82) is 5.26 Å². The summed E-state index contributed by atoms with van der Waals surface area (Å²) in [6, 6.07) is 1.82. The lowest BCUT2D eigenvalue weighted by Crippen LogP contribution is -2.45. The third-order valence-corrected chi connectivity index (χ3v) is 3.49. The molecule has 6 nitrogen and oxygen atoms in total. The molecule has 3 atom stereocenters. The van der Waals surface area contributed by atoms with Gasteiger partial charge in [0.1, 0.15) is 0 Å². The first-order valence-corrected chi connectivity index (χ1v) is 6.65. The van der Waals surface area contributed by atoms with E-state index in [1.54, 1.807) is 11.8 Å². The fraction of sp³-hybridized carbons (Fsp3) is 0.769. The first-order chi connectivity index (χ1) is 8.97. The molecule has 2 amide bonds. The Morgan fingerprint density at radius 3 is 2.68 bits per heavy atom. The monoisotopic (exact) mass is 267 g/mol. The quantitative estimate of drug-likeness (QED) is 0.788. The van der Waals surface area contributed by atoms with Crippen LogP contribution in [0.4, 0.5) is 4.79 Å². The third kappa shape index (κ3) is 4.43. The maximum Gasteiger partial charge on any atom is 0.317 e. The van der Waals surface area contributed by atoms with Gasteiger partial charge in [0.25, 0.3) is 0 Å². The zero-order valence-electron chi connectivity index (χ0n) is 11.4. The number of amides is 2. The number of urea groups is 1. The number of nitriles is 1. The van der Waals surface area contributed by atoms with E-state index in [0.29, 0.717) is 32.4 Å². The highest BCUT2D eigenvalue weighted by atomic mass is 16.4. The van der Waals surface area contributed by atoms with Crippen molar-refractivity contribution in [3.05, 3.63) is 0 Å². The second-order valence-electron chi connectivity index (χ2n) is 5.06.